The largest absolute Gasteiger partial charge is 0.493 e. The summed E-state index contributed by atoms with van der Waals surface area (Å²) in [6.45, 7) is 3.11. The van der Waals surface area contributed by atoms with Gasteiger partial charge in [0.25, 0.3) is 0 Å². The molecule has 0 bridgehead atoms. The molecule has 0 aliphatic heterocycles. The van der Waals surface area contributed by atoms with E-state index < -0.39 is 0 Å². The number of esters is 1. The van der Waals surface area contributed by atoms with E-state index in [1.165, 1.54) is 7.11 Å². The van der Waals surface area contributed by atoms with Crippen molar-refractivity contribution in [2.24, 2.45) is 0 Å². The van der Waals surface area contributed by atoms with Crippen LogP contribution in [-0.4, -0.2) is 26.2 Å². The molecule has 0 aromatic heterocycles. The zero-order valence-corrected chi connectivity index (χ0v) is 15.1. The zero-order valence-electron chi connectivity index (χ0n) is 13.6. The first-order valence-electron chi connectivity index (χ1n) is 7.52. The second-order valence-corrected chi connectivity index (χ2v) is 6.06. The van der Waals surface area contributed by atoms with Crippen molar-refractivity contribution in [3.63, 3.8) is 0 Å². The molecular weight excluding hydrogens is 349 g/mol. The molecule has 24 heavy (non-hydrogen) atoms. The normalized spacial score (nSPS) is 10.3. The van der Waals surface area contributed by atoms with Gasteiger partial charge in [0.2, 0.25) is 0 Å². The Morgan fingerprint density at radius 1 is 1.12 bits per heavy atom. The maximum Gasteiger partial charge on any atom is 0.339 e. The van der Waals surface area contributed by atoms with E-state index in [-0.39, 0.29) is 5.97 Å². The quantitative estimate of drug-likeness (QED) is 0.554. The topological polar surface area (TPSA) is 47.6 Å². The molecule has 4 nitrogen and oxygen atoms in total. The van der Waals surface area contributed by atoms with E-state index in [1.807, 2.05) is 19.1 Å². The summed E-state index contributed by atoms with van der Waals surface area (Å²) in [5, 5.41) is 4.20. The van der Waals surface area contributed by atoms with Crippen LogP contribution in [-0.2, 0) is 4.74 Å². The average molecular weight is 368 g/mol. The third-order valence-corrected chi connectivity index (χ3v) is 4.12. The molecule has 0 aliphatic carbocycles. The van der Waals surface area contributed by atoms with E-state index in [9.17, 15) is 4.79 Å². The van der Waals surface area contributed by atoms with E-state index in [1.54, 1.807) is 24.3 Å². The van der Waals surface area contributed by atoms with Gasteiger partial charge in [0.05, 0.1) is 29.3 Å². The van der Waals surface area contributed by atoms with Crippen LogP contribution in [0.3, 0.4) is 0 Å². The summed E-state index contributed by atoms with van der Waals surface area (Å²) in [7, 11) is 1.37. The maximum absolute atomic E-state index is 11.8. The van der Waals surface area contributed by atoms with Crippen molar-refractivity contribution in [2.75, 3.05) is 25.6 Å². The Hall–Kier alpha value is -1.91. The fraction of sp³-hybridized carbons (Fsp3) is 0.278. The number of methoxy groups -OCH3 is 1. The third-order valence-electron chi connectivity index (χ3n) is 3.38. The number of halogens is 2. The highest BCUT2D eigenvalue weighted by atomic mass is 35.5. The second-order valence-electron chi connectivity index (χ2n) is 5.25. The van der Waals surface area contributed by atoms with Gasteiger partial charge >= 0.3 is 5.97 Å². The lowest BCUT2D eigenvalue weighted by Crippen LogP contribution is -2.11. The molecule has 1 N–H and O–H groups in total. The number of carbonyl (C=O) groups excluding carboxylic acids is 1. The van der Waals surface area contributed by atoms with Gasteiger partial charge in [-0.3, -0.25) is 0 Å². The van der Waals surface area contributed by atoms with Gasteiger partial charge in [0.1, 0.15) is 5.75 Å². The third kappa shape index (κ3) is 5.05. The van der Waals surface area contributed by atoms with Crippen molar-refractivity contribution in [1.82, 2.24) is 0 Å². The van der Waals surface area contributed by atoms with Crippen molar-refractivity contribution >= 4 is 34.9 Å². The lowest BCUT2D eigenvalue weighted by atomic mass is 10.1. The van der Waals surface area contributed by atoms with Crippen molar-refractivity contribution in [3.8, 4) is 5.75 Å². The first kappa shape index (κ1) is 18.4. The van der Waals surface area contributed by atoms with Gasteiger partial charge in [-0.25, -0.2) is 4.79 Å². The summed E-state index contributed by atoms with van der Waals surface area (Å²) in [5.41, 5.74) is 2.29. The number of benzene rings is 2. The van der Waals surface area contributed by atoms with Crippen LogP contribution in [0.15, 0.2) is 36.4 Å². The minimum Gasteiger partial charge on any atom is -0.493 e. The molecule has 0 unspecified atom stereocenters. The molecular formula is C18H19Cl2NO3. The average Bonchev–Trinajstić information content (AvgIpc) is 2.58. The monoisotopic (exact) mass is 367 g/mol. The van der Waals surface area contributed by atoms with Crippen LogP contribution < -0.4 is 10.1 Å². The standard InChI is InChI=1S/C18H19Cl2NO3/c1-12-4-7-17(14(10-12)18(22)23-2)21-8-3-9-24-13-5-6-15(19)16(20)11-13/h4-7,10-11,21H,3,8-9H2,1-2H3. The Kier molecular flexibility index (Phi) is 6.76. The minimum atomic E-state index is -0.353. The number of rotatable bonds is 7. The summed E-state index contributed by atoms with van der Waals surface area (Å²) in [5.74, 6) is 0.322. The summed E-state index contributed by atoms with van der Waals surface area (Å²) in [4.78, 5) is 11.8. The second kappa shape index (κ2) is 8.81. The number of nitrogens with one attached hydrogen (secondary N) is 1. The highest BCUT2D eigenvalue weighted by molar-refractivity contribution is 6.42. The molecule has 0 saturated heterocycles. The molecule has 6 heteroatoms. The van der Waals surface area contributed by atoms with E-state index in [0.29, 0.717) is 34.5 Å². The Balaban J connectivity index is 1.84. The molecule has 0 amide bonds. The number of hydrogen-bond donors (Lipinski definition) is 1. The Labute approximate surface area is 151 Å². The van der Waals surface area contributed by atoms with Gasteiger partial charge in [-0.1, -0.05) is 34.8 Å². The Morgan fingerprint density at radius 3 is 2.62 bits per heavy atom. The molecule has 0 fully saturated rings. The number of anilines is 1. The van der Waals surface area contributed by atoms with Crippen molar-refractivity contribution in [3.05, 3.63) is 57.6 Å². The Bertz CT molecular complexity index is 719. The van der Waals surface area contributed by atoms with Crippen LogP contribution in [0.4, 0.5) is 5.69 Å². The fourth-order valence-electron chi connectivity index (χ4n) is 2.14. The van der Waals surface area contributed by atoms with Gasteiger partial charge in [-0.15, -0.1) is 0 Å². The van der Waals surface area contributed by atoms with Gasteiger partial charge in [0, 0.05) is 18.3 Å². The van der Waals surface area contributed by atoms with Crippen LogP contribution in [0.25, 0.3) is 0 Å². The smallest absolute Gasteiger partial charge is 0.339 e. The predicted octanol–water partition coefficient (Wildman–Crippen LogP) is 4.97. The molecule has 2 aromatic rings. The first-order chi connectivity index (χ1) is 11.5. The van der Waals surface area contributed by atoms with Crippen LogP contribution >= 0.6 is 23.2 Å². The molecule has 0 spiro atoms. The minimum absolute atomic E-state index is 0.353. The SMILES string of the molecule is COC(=O)c1cc(C)ccc1NCCCOc1ccc(Cl)c(Cl)c1. The molecule has 128 valence electrons. The Morgan fingerprint density at radius 2 is 1.92 bits per heavy atom. The summed E-state index contributed by atoms with van der Waals surface area (Å²) < 4.78 is 10.4. The predicted molar refractivity (Wildman–Crippen MR) is 97.6 cm³/mol. The van der Waals surface area contributed by atoms with Crippen molar-refractivity contribution in [1.29, 1.82) is 0 Å². The fourth-order valence-corrected chi connectivity index (χ4v) is 2.43. The summed E-state index contributed by atoms with van der Waals surface area (Å²) in [6.07, 6.45) is 0.759. The lowest BCUT2D eigenvalue weighted by Gasteiger charge is -2.12. The molecule has 0 saturated carbocycles. The van der Waals surface area contributed by atoms with Gasteiger partial charge in [0.15, 0.2) is 0 Å². The van der Waals surface area contributed by atoms with E-state index >= 15 is 0 Å². The van der Waals surface area contributed by atoms with Gasteiger partial charge < -0.3 is 14.8 Å². The van der Waals surface area contributed by atoms with Crippen molar-refractivity contribution < 1.29 is 14.3 Å². The number of carbonyl (C=O) groups is 1. The molecule has 0 atom stereocenters. The number of hydrogen-bond acceptors (Lipinski definition) is 4. The molecule has 2 aromatic carbocycles. The highest BCUT2D eigenvalue weighted by Crippen LogP contribution is 2.26. The highest BCUT2D eigenvalue weighted by Gasteiger charge is 2.11. The van der Waals surface area contributed by atoms with E-state index in [4.69, 9.17) is 32.7 Å². The van der Waals surface area contributed by atoms with E-state index in [0.717, 1.165) is 17.7 Å². The molecule has 0 radical (unpaired) electrons. The lowest BCUT2D eigenvalue weighted by molar-refractivity contribution is 0.0601. The summed E-state index contributed by atoms with van der Waals surface area (Å²) in [6, 6.07) is 10.8. The molecule has 0 heterocycles. The van der Waals surface area contributed by atoms with Crippen LogP contribution in [0.1, 0.15) is 22.3 Å². The molecule has 0 aliphatic rings. The van der Waals surface area contributed by atoms with Crippen LogP contribution in [0.5, 0.6) is 5.75 Å². The first-order valence-corrected chi connectivity index (χ1v) is 8.27. The summed E-state index contributed by atoms with van der Waals surface area (Å²) >= 11 is 11.8. The number of aryl methyl sites for hydroxylation is 1. The van der Waals surface area contributed by atoms with Crippen LogP contribution in [0, 0.1) is 6.92 Å². The van der Waals surface area contributed by atoms with E-state index in [2.05, 4.69) is 5.32 Å². The zero-order chi connectivity index (χ0) is 17.5. The molecule has 2 rings (SSSR count). The maximum atomic E-state index is 11.8. The van der Waals surface area contributed by atoms with Crippen molar-refractivity contribution in [2.45, 2.75) is 13.3 Å². The van der Waals surface area contributed by atoms with Crippen LogP contribution in [0.2, 0.25) is 10.0 Å². The van der Waals surface area contributed by atoms with Gasteiger partial charge in [-0.05, 0) is 37.6 Å². The van der Waals surface area contributed by atoms with Gasteiger partial charge in [-0.2, -0.15) is 0 Å². The number of ether oxygens (including phenoxy) is 2.